The lowest BCUT2D eigenvalue weighted by molar-refractivity contribution is 0.0981. The SMILES string of the molecule is CCn1nc(C)c(C(=O)N2CCCCc3cc(Cl)ccc32)n1. The number of hydrogen-bond donors (Lipinski definition) is 0. The van der Waals surface area contributed by atoms with Gasteiger partial charge < -0.3 is 4.90 Å². The molecule has 0 aliphatic carbocycles. The standard InChI is InChI=1S/C16H19ClN4O/c1-3-21-18-11(2)15(19-21)16(22)20-9-5-4-6-12-10-13(17)7-8-14(12)20/h7-8,10H,3-6,9H2,1-2H3. The minimum atomic E-state index is -0.0809. The molecular weight excluding hydrogens is 300 g/mol. The van der Waals surface area contributed by atoms with Gasteiger partial charge in [-0.3, -0.25) is 4.79 Å². The number of hydrogen-bond acceptors (Lipinski definition) is 3. The second-order valence-electron chi connectivity index (χ2n) is 5.51. The molecule has 1 aromatic carbocycles. The predicted molar refractivity (Wildman–Crippen MR) is 86.5 cm³/mol. The highest BCUT2D eigenvalue weighted by molar-refractivity contribution is 6.30. The highest BCUT2D eigenvalue weighted by Gasteiger charge is 2.26. The van der Waals surface area contributed by atoms with Gasteiger partial charge in [0.1, 0.15) is 0 Å². The molecule has 0 unspecified atom stereocenters. The Hall–Kier alpha value is -1.88. The molecule has 0 N–H and O–H groups in total. The minimum Gasteiger partial charge on any atom is -0.307 e. The van der Waals surface area contributed by atoms with Crippen LogP contribution in [0.2, 0.25) is 5.02 Å². The average molecular weight is 319 g/mol. The Labute approximate surface area is 134 Å². The molecule has 2 aromatic rings. The second kappa shape index (κ2) is 6.08. The number of carbonyl (C=O) groups is 1. The highest BCUT2D eigenvalue weighted by atomic mass is 35.5. The molecule has 1 amide bonds. The number of fused-ring (bicyclic) bond motifs is 1. The summed E-state index contributed by atoms with van der Waals surface area (Å²) in [4.78, 5) is 16.3. The molecular formula is C16H19ClN4O. The number of aryl methyl sites for hydroxylation is 3. The van der Waals surface area contributed by atoms with Crippen LogP contribution in [0.3, 0.4) is 0 Å². The molecule has 0 atom stereocenters. The van der Waals surface area contributed by atoms with E-state index in [0.717, 1.165) is 30.5 Å². The molecule has 0 radical (unpaired) electrons. The van der Waals surface area contributed by atoms with E-state index in [9.17, 15) is 4.79 Å². The second-order valence-corrected chi connectivity index (χ2v) is 5.95. The first-order valence-electron chi connectivity index (χ1n) is 7.62. The fraction of sp³-hybridized carbons (Fsp3) is 0.438. The number of carbonyl (C=O) groups excluding carboxylic acids is 1. The summed E-state index contributed by atoms with van der Waals surface area (Å²) in [7, 11) is 0. The lowest BCUT2D eigenvalue weighted by atomic mass is 10.1. The van der Waals surface area contributed by atoms with Crippen molar-refractivity contribution in [2.45, 2.75) is 39.7 Å². The molecule has 1 aliphatic rings. The van der Waals surface area contributed by atoms with Gasteiger partial charge in [-0.05, 0) is 56.9 Å². The Morgan fingerprint density at radius 1 is 1.32 bits per heavy atom. The van der Waals surface area contributed by atoms with Gasteiger partial charge in [0.25, 0.3) is 5.91 Å². The summed E-state index contributed by atoms with van der Waals surface area (Å²) in [6.45, 7) is 5.14. The van der Waals surface area contributed by atoms with E-state index in [2.05, 4.69) is 10.2 Å². The Balaban J connectivity index is 2.00. The number of halogens is 1. The Kier molecular flexibility index (Phi) is 4.16. The van der Waals surface area contributed by atoms with Crippen molar-refractivity contribution in [1.29, 1.82) is 0 Å². The number of amides is 1. The van der Waals surface area contributed by atoms with E-state index >= 15 is 0 Å². The number of anilines is 1. The topological polar surface area (TPSA) is 51.0 Å². The van der Waals surface area contributed by atoms with Crippen LogP contribution in [0.15, 0.2) is 18.2 Å². The summed E-state index contributed by atoms with van der Waals surface area (Å²) in [5.41, 5.74) is 3.17. The fourth-order valence-corrected chi connectivity index (χ4v) is 3.03. The molecule has 6 heteroatoms. The number of benzene rings is 1. The van der Waals surface area contributed by atoms with Crippen molar-refractivity contribution in [3.63, 3.8) is 0 Å². The van der Waals surface area contributed by atoms with Crippen LogP contribution in [-0.4, -0.2) is 27.4 Å². The van der Waals surface area contributed by atoms with Crippen molar-refractivity contribution in [2.24, 2.45) is 0 Å². The fourth-order valence-electron chi connectivity index (χ4n) is 2.83. The summed E-state index contributed by atoms with van der Waals surface area (Å²) in [6.07, 6.45) is 2.97. The molecule has 22 heavy (non-hydrogen) atoms. The van der Waals surface area contributed by atoms with Gasteiger partial charge in [-0.25, -0.2) is 0 Å². The van der Waals surface area contributed by atoms with E-state index in [1.807, 2.05) is 36.9 Å². The van der Waals surface area contributed by atoms with E-state index in [0.29, 0.717) is 29.5 Å². The number of rotatable bonds is 2. The summed E-state index contributed by atoms with van der Waals surface area (Å²) in [5, 5.41) is 9.30. The average Bonchev–Trinajstić information content (AvgIpc) is 2.76. The quantitative estimate of drug-likeness (QED) is 0.854. The molecule has 0 fully saturated rings. The zero-order valence-corrected chi connectivity index (χ0v) is 13.6. The third-order valence-corrected chi connectivity index (χ3v) is 4.20. The molecule has 5 nitrogen and oxygen atoms in total. The molecule has 116 valence electrons. The van der Waals surface area contributed by atoms with E-state index in [1.54, 1.807) is 4.80 Å². The summed E-state index contributed by atoms with van der Waals surface area (Å²) in [6, 6.07) is 5.72. The molecule has 1 aliphatic heterocycles. The molecule has 0 spiro atoms. The first-order chi connectivity index (χ1) is 10.6. The van der Waals surface area contributed by atoms with Crippen molar-refractivity contribution in [3.05, 3.63) is 40.2 Å². The summed E-state index contributed by atoms with van der Waals surface area (Å²) >= 11 is 6.09. The van der Waals surface area contributed by atoms with Gasteiger partial charge in [0.05, 0.1) is 12.2 Å². The Morgan fingerprint density at radius 3 is 2.86 bits per heavy atom. The summed E-state index contributed by atoms with van der Waals surface area (Å²) in [5.74, 6) is -0.0809. The van der Waals surface area contributed by atoms with Gasteiger partial charge >= 0.3 is 0 Å². The molecule has 0 bridgehead atoms. The van der Waals surface area contributed by atoms with Gasteiger partial charge in [-0.1, -0.05) is 11.6 Å². The minimum absolute atomic E-state index is 0.0809. The maximum absolute atomic E-state index is 12.9. The Bertz CT molecular complexity index is 710. The maximum atomic E-state index is 12.9. The van der Waals surface area contributed by atoms with Crippen LogP contribution >= 0.6 is 11.6 Å². The van der Waals surface area contributed by atoms with Gasteiger partial charge in [0.2, 0.25) is 0 Å². The molecule has 0 saturated carbocycles. The highest BCUT2D eigenvalue weighted by Crippen LogP contribution is 2.30. The van der Waals surface area contributed by atoms with Gasteiger partial charge in [-0.2, -0.15) is 9.90 Å². The third-order valence-electron chi connectivity index (χ3n) is 3.96. The first kappa shape index (κ1) is 15.0. The maximum Gasteiger partial charge on any atom is 0.280 e. The lowest BCUT2D eigenvalue weighted by Crippen LogP contribution is -2.32. The van der Waals surface area contributed by atoms with Gasteiger partial charge in [0, 0.05) is 17.3 Å². The third kappa shape index (κ3) is 2.73. The zero-order valence-electron chi connectivity index (χ0n) is 12.8. The lowest BCUT2D eigenvalue weighted by Gasteiger charge is -2.22. The van der Waals surface area contributed by atoms with Crippen molar-refractivity contribution < 1.29 is 4.79 Å². The van der Waals surface area contributed by atoms with Crippen LogP contribution in [0.25, 0.3) is 0 Å². The molecule has 3 rings (SSSR count). The number of nitrogens with zero attached hydrogens (tertiary/aromatic N) is 4. The van der Waals surface area contributed by atoms with Gasteiger partial charge in [0.15, 0.2) is 5.69 Å². The first-order valence-corrected chi connectivity index (χ1v) is 8.00. The molecule has 0 saturated heterocycles. The van der Waals surface area contributed by atoms with E-state index in [-0.39, 0.29) is 5.91 Å². The van der Waals surface area contributed by atoms with Crippen molar-refractivity contribution in [1.82, 2.24) is 15.0 Å². The van der Waals surface area contributed by atoms with Crippen molar-refractivity contribution in [3.8, 4) is 0 Å². The normalized spacial score (nSPS) is 14.6. The van der Waals surface area contributed by atoms with E-state index in [1.165, 1.54) is 0 Å². The monoisotopic (exact) mass is 318 g/mol. The van der Waals surface area contributed by atoms with Crippen LogP contribution in [0.1, 0.15) is 41.5 Å². The molecule has 1 aromatic heterocycles. The van der Waals surface area contributed by atoms with Crippen LogP contribution in [0.5, 0.6) is 0 Å². The molecule has 2 heterocycles. The van der Waals surface area contributed by atoms with E-state index < -0.39 is 0 Å². The van der Waals surface area contributed by atoms with Crippen molar-refractivity contribution >= 4 is 23.2 Å². The van der Waals surface area contributed by atoms with E-state index in [4.69, 9.17) is 11.6 Å². The van der Waals surface area contributed by atoms with Crippen LogP contribution in [-0.2, 0) is 13.0 Å². The van der Waals surface area contributed by atoms with Crippen LogP contribution < -0.4 is 4.90 Å². The Morgan fingerprint density at radius 2 is 2.14 bits per heavy atom. The summed E-state index contributed by atoms with van der Waals surface area (Å²) < 4.78 is 0. The number of aromatic nitrogens is 3. The van der Waals surface area contributed by atoms with Crippen LogP contribution in [0.4, 0.5) is 5.69 Å². The van der Waals surface area contributed by atoms with Crippen molar-refractivity contribution in [2.75, 3.05) is 11.4 Å². The smallest absolute Gasteiger partial charge is 0.280 e. The van der Waals surface area contributed by atoms with Crippen LogP contribution in [0, 0.1) is 6.92 Å². The zero-order chi connectivity index (χ0) is 15.7. The van der Waals surface area contributed by atoms with Gasteiger partial charge in [-0.15, -0.1) is 5.10 Å². The predicted octanol–water partition coefficient (Wildman–Crippen LogP) is 3.24. The largest absolute Gasteiger partial charge is 0.307 e.